The van der Waals surface area contributed by atoms with Crippen molar-refractivity contribution in [2.75, 3.05) is 45.8 Å². The number of dihydropyridines is 1. The van der Waals surface area contributed by atoms with Crippen LogP contribution in [0.4, 0.5) is 0 Å². The molecule has 2 unspecified atom stereocenters. The number of hydrogen-bond acceptors (Lipinski definition) is 6. The van der Waals surface area contributed by atoms with E-state index in [2.05, 4.69) is 45.3 Å². The number of nitrogens with zero attached hydrogens (tertiary/aromatic N) is 3. The number of allylic oxidation sites excluding steroid dienone is 2. The van der Waals surface area contributed by atoms with Gasteiger partial charge in [0, 0.05) is 44.8 Å². The highest BCUT2D eigenvalue weighted by molar-refractivity contribution is 5.93. The molecular formula is C23H39N5O2. The van der Waals surface area contributed by atoms with Gasteiger partial charge in [-0.05, 0) is 70.7 Å². The van der Waals surface area contributed by atoms with Crippen molar-refractivity contribution in [3.05, 3.63) is 23.9 Å². The second-order valence-electron chi connectivity index (χ2n) is 9.71. The third-order valence-corrected chi connectivity index (χ3v) is 7.06. The van der Waals surface area contributed by atoms with Crippen LogP contribution in [0.3, 0.4) is 0 Å². The van der Waals surface area contributed by atoms with E-state index in [4.69, 9.17) is 0 Å². The number of likely N-dealkylation sites (tertiary alicyclic amines) is 1. The fourth-order valence-electron chi connectivity index (χ4n) is 4.91. The monoisotopic (exact) mass is 417 g/mol. The normalized spacial score (nSPS) is 30.1. The third-order valence-electron chi connectivity index (χ3n) is 7.06. The first-order chi connectivity index (χ1) is 14.5. The summed E-state index contributed by atoms with van der Waals surface area (Å²) >= 11 is 0. The molecule has 168 valence electrons. The molecule has 0 radical (unpaired) electrons. The molecule has 0 spiro atoms. The van der Waals surface area contributed by atoms with Gasteiger partial charge in [0.1, 0.15) is 5.70 Å². The highest BCUT2D eigenvalue weighted by atomic mass is 16.3. The van der Waals surface area contributed by atoms with Gasteiger partial charge >= 0.3 is 0 Å². The summed E-state index contributed by atoms with van der Waals surface area (Å²) in [5.41, 5.74) is 0.625. The van der Waals surface area contributed by atoms with Gasteiger partial charge in [-0.3, -0.25) is 14.6 Å². The van der Waals surface area contributed by atoms with Crippen molar-refractivity contribution < 1.29 is 9.90 Å². The number of carbonyl (C=O) groups excluding carboxylic acids is 1. The molecule has 7 nitrogen and oxygen atoms in total. The maximum atomic E-state index is 12.5. The number of β-amino-alcohol motifs (C(OH)–C–C–N with tert-alkyl or cyclic N) is 1. The van der Waals surface area contributed by atoms with E-state index in [0.717, 1.165) is 39.3 Å². The third kappa shape index (κ3) is 5.63. The minimum absolute atomic E-state index is 0.0230. The molecule has 2 saturated heterocycles. The van der Waals surface area contributed by atoms with Crippen molar-refractivity contribution in [2.24, 2.45) is 5.92 Å². The molecule has 1 aliphatic carbocycles. The smallest absolute Gasteiger partial charge is 0.267 e. The van der Waals surface area contributed by atoms with Crippen LogP contribution in [-0.4, -0.2) is 95.9 Å². The molecular weight excluding hydrogens is 378 g/mol. The topological polar surface area (TPSA) is 71.1 Å². The highest BCUT2D eigenvalue weighted by Crippen LogP contribution is 2.27. The molecule has 3 aliphatic heterocycles. The molecule has 0 aromatic rings. The SMILES string of the molecule is CC(C)N1CCC(N2CCN(C3C=CC=C(C(=O)NCC4CC4)N3)CC(O)C2)CC1. The maximum Gasteiger partial charge on any atom is 0.267 e. The zero-order valence-corrected chi connectivity index (χ0v) is 18.6. The lowest BCUT2D eigenvalue weighted by atomic mass is 10.0. The average molecular weight is 418 g/mol. The number of hydrogen-bond donors (Lipinski definition) is 3. The van der Waals surface area contributed by atoms with E-state index in [0.29, 0.717) is 30.2 Å². The van der Waals surface area contributed by atoms with Gasteiger partial charge in [0.2, 0.25) is 0 Å². The van der Waals surface area contributed by atoms with Crippen LogP contribution in [0.1, 0.15) is 39.5 Å². The summed E-state index contributed by atoms with van der Waals surface area (Å²) in [4.78, 5) is 19.8. The van der Waals surface area contributed by atoms with Crippen molar-refractivity contribution in [1.82, 2.24) is 25.3 Å². The number of nitrogens with one attached hydrogen (secondary N) is 2. The Balaban J connectivity index is 1.29. The van der Waals surface area contributed by atoms with Gasteiger partial charge in [0.25, 0.3) is 5.91 Å². The minimum Gasteiger partial charge on any atom is -0.390 e. The van der Waals surface area contributed by atoms with Gasteiger partial charge in [-0.25, -0.2) is 0 Å². The number of aliphatic hydroxyl groups excluding tert-OH is 1. The molecule has 7 heteroatoms. The maximum absolute atomic E-state index is 12.5. The summed E-state index contributed by atoms with van der Waals surface area (Å²) in [6, 6.07) is 1.18. The van der Waals surface area contributed by atoms with E-state index in [1.54, 1.807) is 0 Å². The van der Waals surface area contributed by atoms with Crippen LogP contribution in [0.15, 0.2) is 23.9 Å². The fraction of sp³-hybridized carbons (Fsp3) is 0.783. The van der Waals surface area contributed by atoms with Crippen LogP contribution in [0, 0.1) is 5.92 Å². The predicted octanol–water partition coefficient (Wildman–Crippen LogP) is 0.733. The molecule has 0 bridgehead atoms. The molecule has 1 saturated carbocycles. The summed E-state index contributed by atoms with van der Waals surface area (Å²) in [7, 11) is 0. The Morgan fingerprint density at radius 3 is 2.53 bits per heavy atom. The van der Waals surface area contributed by atoms with E-state index in [1.807, 2.05) is 12.2 Å². The van der Waals surface area contributed by atoms with Crippen LogP contribution < -0.4 is 10.6 Å². The molecule has 2 atom stereocenters. The van der Waals surface area contributed by atoms with E-state index in [1.165, 1.54) is 25.7 Å². The zero-order valence-electron chi connectivity index (χ0n) is 18.6. The molecule has 3 fully saturated rings. The first kappa shape index (κ1) is 21.8. The Morgan fingerprint density at radius 1 is 1.13 bits per heavy atom. The van der Waals surface area contributed by atoms with Gasteiger partial charge in [-0.15, -0.1) is 0 Å². The lowest BCUT2D eigenvalue weighted by molar-refractivity contribution is -0.118. The molecule has 1 amide bonds. The number of amides is 1. The van der Waals surface area contributed by atoms with Crippen molar-refractivity contribution >= 4 is 5.91 Å². The van der Waals surface area contributed by atoms with Crippen LogP contribution >= 0.6 is 0 Å². The van der Waals surface area contributed by atoms with Crippen molar-refractivity contribution in [2.45, 2.75) is 63.9 Å². The Kier molecular flexibility index (Phi) is 7.13. The van der Waals surface area contributed by atoms with Gasteiger partial charge in [0.05, 0.1) is 12.3 Å². The molecule has 3 heterocycles. The molecule has 30 heavy (non-hydrogen) atoms. The lowest BCUT2D eigenvalue weighted by Gasteiger charge is -2.40. The number of rotatable bonds is 6. The van der Waals surface area contributed by atoms with Crippen molar-refractivity contribution in [3.8, 4) is 0 Å². The summed E-state index contributed by atoms with van der Waals surface area (Å²) < 4.78 is 0. The average Bonchev–Trinajstić information content (AvgIpc) is 3.59. The Hall–Kier alpha value is -1.41. The second kappa shape index (κ2) is 9.81. The highest BCUT2D eigenvalue weighted by Gasteiger charge is 2.32. The van der Waals surface area contributed by atoms with Gasteiger partial charge in [-0.1, -0.05) is 6.08 Å². The number of aliphatic hydroxyl groups is 1. The predicted molar refractivity (Wildman–Crippen MR) is 119 cm³/mol. The van der Waals surface area contributed by atoms with Gasteiger partial charge in [-0.2, -0.15) is 0 Å². The van der Waals surface area contributed by atoms with E-state index in [9.17, 15) is 9.90 Å². The first-order valence-electron chi connectivity index (χ1n) is 11.8. The van der Waals surface area contributed by atoms with Crippen LogP contribution in [0.5, 0.6) is 0 Å². The van der Waals surface area contributed by atoms with Gasteiger partial charge < -0.3 is 20.6 Å². The Morgan fingerprint density at radius 2 is 1.83 bits per heavy atom. The van der Waals surface area contributed by atoms with Crippen molar-refractivity contribution in [3.63, 3.8) is 0 Å². The largest absolute Gasteiger partial charge is 0.390 e. The molecule has 0 aromatic heterocycles. The molecule has 0 aromatic carbocycles. The first-order valence-corrected chi connectivity index (χ1v) is 11.8. The standard InChI is InChI=1S/C23H39N5O2/c1-17(2)26-10-8-19(9-11-26)27-12-13-28(16-20(29)15-27)22-5-3-4-21(25-22)23(30)24-14-18-6-7-18/h3-5,17-20,22,25,29H,6-16H2,1-2H3,(H,24,30). The second-order valence-corrected chi connectivity index (χ2v) is 9.71. The van der Waals surface area contributed by atoms with Gasteiger partial charge in [0.15, 0.2) is 0 Å². The number of carbonyl (C=O) groups is 1. The van der Waals surface area contributed by atoms with E-state index >= 15 is 0 Å². The summed E-state index contributed by atoms with van der Waals surface area (Å²) in [6.45, 7) is 10.8. The molecule has 4 aliphatic rings. The van der Waals surface area contributed by atoms with Crippen LogP contribution in [0.2, 0.25) is 0 Å². The summed E-state index contributed by atoms with van der Waals surface area (Å²) in [6.07, 6.45) is 10.3. The Bertz CT molecular complexity index is 652. The quantitative estimate of drug-likeness (QED) is 0.592. The minimum atomic E-state index is -0.371. The summed E-state index contributed by atoms with van der Waals surface area (Å²) in [5.74, 6) is 0.647. The molecule has 4 rings (SSSR count). The summed E-state index contributed by atoms with van der Waals surface area (Å²) in [5, 5.41) is 17.1. The molecule has 3 N–H and O–H groups in total. The fourth-order valence-corrected chi connectivity index (χ4v) is 4.91. The number of piperidine rings is 1. The zero-order chi connectivity index (χ0) is 21.1. The van der Waals surface area contributed by atoms with E-state index < -0.39 is 0 Å². The van der Waals surface area contributed by atoms with E-state index in [-0.39, 0.29) is 18.2 Å². The van der Waals surface area contributed by atoms with Crippen LogP contribution in [0.25, 0.3) is 0 Å². The van der Waals surface area contributed by atoms with Crippen LogP contribution in [-0.2, 0) is 4.79 Å². The lowest BCUT2D eigenvalue weighted by Crippen LogP contribution is -2.50. The Labute approximate surface area is 181 Å². The van der Waals surface area contributed by atoms with Crippen molar-refractivity contribution in [1.29, 1.82) is 0 Å².